The zero-order valence-corrected chi connectivity index (χ0v) is 57.7. The molecule has 2 aliphatic carbocycles. The molecule has 0 fully saturated rings. The van der Waals surface area contributed by atoms with E-state index in [9.17, 15) is 0 Å². The number of anilines is 6. The van der Waals surface area contributed by atoms with Crippen molar-refractivity contribution >= 4 is 55.7 Å². The third kappa shape index (κ3) is 11.6. The fourth-order valence-electron chi connectivity index (χ4n) is 13.9. The van der Waals surface area contributed by atoms with Crippen LogP contribution in [-0.2, 0) is 53.0 Å². The first-order chi connectivity index (χ1) is 46.1. The van der Waals surface area contributed by atoms with E-state index < -0.39 is 0 Å². The predicted octanol–water partition coefficient (Wildman–Crippen LogP) is 22.3. The van der Waals surface area contributed by atoms with Gasteiger partial charge in [-0.3, -0.25) is 0 Å². The fraction of sp³-hybridized carbons (Fsp3) is 0.0682. The van der Waals surface area contributed by atoms with Crippen molar-refractivity contribution in [1.29, 1.82) is 0 Å². The maximum atomic E-state index is 4.94. The summed E-state index contributed by atoms with van der Waals surface area (Å²) in [6, 6.07) is 113. The molecule has 0 unspecified atom stereocenters. The minimum absolute atomic E-state index is 0. The molecule has 4 heterocycles. The molecule has 0 saturated carbocycles. The molecule has 15 aromatic rings. The van der Waals surface area contributed by atoms with Gasteiger partial charge >= 0.3 is 42.1 Å². The Labute approximate surface area is 590 Å². The van der Waals surface area contributed by atoms with Crippen molar-refractivity contribution in [1.82, 2.24) is 19.9 Å². The molecule has 17 rings (SSSR count). The monoisotopic (exact) mass is 1590 g/mol. The number of fused-ring (bicyclic) bond motifs is 4. The Morgan fingerprint density at radius 3 is 1.08 bits per heavy atom. The quantitative estimate of drug-likeness (QED) is 0.120. The summed E-state index contributed by atoms with van der Waals surface area (Å²) in [5.74, 6) is 0. The van der Waals surface area contributed by atoms with Crippen molar-refractivity contribution in [3.8, 4) is 78.4 Å². The molecule has 0 saturated heterocycles. The molecule has 464 valence electrons. The van der Waals surface area contributed by atoms with Crippen LogP contribution in [0.5, 0.6) is 0 Å². The summed E-state index contributed by atoms with van der Waals surface area (Å²) in [7, 11) is 0. The van der Waals surface area contributed by atoms with Gasteiger partial charge in [0.2, 0.25) is 0 Å². The van der Waals surface area contributed by atoms with Crippen LogP contribution in [0.1, 0.15) is 49.9 Å². The summed E-state index contributed by atoms with van der Waals surface area (Å²) >= 11 is 0. The van der Waals surface area contributed by atoms with Crippen LogP contribution in [0.15, 0.2) is 304 Å². The van der Waals surface area contributed by atoms with Gasteiger partial charge in [0.1, 0.15) is 0 Å². The van der Waals surface area contributed by atoms with Crippen molar-refractivity contribution < 1.29 is 42.1 Å². The zero-order valence-electron chi connectivity index (χ0n) is 53.2. The van der Waals surface area contributed by atoms with Gasteiger partial charge in [0, 0.05) is 36.2 Å². The Kier molecular flexibility index (Phi) is 17.3. The van der Waals surface area contributed by atoms with Gasteiger partial charge in [0.15, 0.2) is 0 Å². The topological polar surface area (TPSA) is 58.0 Å². The molecule has 0 N–H and O–H groups in total. The Bertz CT molecular complexity index is 5050. The number of rotatable bonds is 11. The summed E-state index contributed by atoms with van der Waals surface area (Å²) in [4.78, 5) is 23.8. The van der Waals surface area contributed by atoms with Crippen molar-refractivity contribution in [3.05, 3.63) is 350 Å². The van der Waals surface area contributed by atoms with Crippen molar-refractivity contribution in [3.63, 3.8) is 0 Å². The van der Waals surface area contributed by atoms with Gasteiger partial charge in [0.25, 0.3) is 0 Å². The van der Waals surface area contributed by atoms with Crippen molar-refractivity contribution in [2.75, 3.05) is 9.80 Å². The number of hydrogen-bond donors (Lipinski definition) is 0. The van der Waals surface area contributed by atoms with Crippen LogP contribution in [-0.4, -0.2) is 19.9 Å². The molecular formula is C88H62N6Pt2. The van der Waals surface area contributed by atoms with E-state index in [0.717, 1.165) is 107 Å². The Balaban J connectivity index is 0.000000162. The average molecular weight is 1590 g/mol. The molecule has 0 radical (unpaired) electrons. The van der Waals surface area contributed by atoms with Crippen molar-refractivity contribution in [2.45, 2.75) is 38.5 Å². The molecule has 4 aromatic heterocycles. The molecule has 2 aliphatic rings. The number of hydrogen-bond acceptors (Lipinski definition) is 6. The molecular weight excluding hydrogens is 1530 g/mol. The molecule has 6 nitrogen and oxygen atoms in total. The summed E-state index contributed by atoms with van der Waals surface area (Å²) in [6.07, 6.45) is 7.57. The maximum absolute atomic E-state index is 4.94. The van der Waals surface area contributed by atoms with Crippen LogP contribution in [0.3, 0.4) is 0 Å². The second-order valence-corrected chi connectivity index (χ2v) is 25.1. The van der Waals surface area contributed by atoms with E-state index >= 15 is 0 Å². The second-order valence-electron chi connectivity index (χ2n) is 25.1. The van der Waals surface area contributed by atoms with E-state index in [1.54, 1.807) is 0 Å². The number of nitrogens with zero attached hydrogens (tertiary/aromatic N) is 6. The third-order valence-electron chi connectivity index (χ3n) is 18.7. The number of pyridine rings is 4. The van der Waals surface area contributed by atoms with Gasteiger partial charge < -0.3 is 29.7 Å². The number of benzene rings is 11. The Hall–Kier alpha value is -10.5. The van der Waals surface area contributed by atoms with Crippen LogP contribution >= 0.6 is 0 Å². The van der Waals surface area contributed by atoms with Crippen LogP contribution in [0, 0.1) is 24.3 Å². The van der Waals surface area contributed by atoms with Gasteiger partial charge in [-0.05, 0) is 171 Å². The van der Waals surface area contributed by atoms with Crippen LogP contribution < -0.4 is 9.80 Å². The molecule has 0 aliphatic heterocycles. The standard InChI is InChI=1S/C46H31N3.C42H31N3.2Pt/c1-4-12-34(13-5-1)37-22-24-42(25-23-37)49(43-20-10-18-40(30-43)45-32-38(26-28-47-45)35-14-6-2-7-15-35)44-21-11-19-41(31-44)46-33-39(27-29-48-46)36-16-8-3-9-17-36;1-41(2)33-18-16-29(24-31(33)39-37-26(20-22-43-39)10-8-14-35(37)41)45(28-12-6-5-7-13-28)30-17-19-34-32(25-30)40-38-27(21-23-44-40)11-9-15-36(38)42(34,3)4;;/h1-29,32-33H;5-23H,1-4H3;;/q2*-2;2*+2. The average Bonchev–Trinajstić information content (AvgIpc) is 0.722. The molecule has 96 heavy (non-hydrogen) atoms. The summed E-state index contributed by atoms with van der Waals surface area (Å²) in [5, 5.41) is 4.86. The summed E-state index contributed by atoms with van der Waals surface area (Å²) in [5.41, 5.74) is 25.0. The molecule has 0 bridgehead atoms. The number of aromatic nitrogens is 4. The maximum Gasteiger partial charge on any atom is 2.00 e. The van der Waals surface area contributed by atoms with E-state index in [4.69, 9.17) is 19.9 Å². The smallest absolute Gasteiger partial charge is 0.346 e. The molecule has 0 spiro atoms. The Morgan fingerprint density at radius 1 is 0.281 bits per heavy atom. The van der Waals surface area contributed by atoms with E-state index in [-0.39, 0.29) is 53.0 Å². The van der Waals surface area contributed by atoms with E-state index in [2.05, 4.69) is 310 Å². The van der Waals surface area contributed by atoms with Crippen molar-refractivity contribution in [2.24, 2.45) is 0 Å². The van der Waals surface area contributed by atoms with Gasteiger partial charge in [0.05, 0.1) is 0 Å². The molecule has 11 aromatic carbocycles. The molecule has 8 heteroatoms. The molecule has 0 amide bonds. The normalized spacial score (nSPS) is 12.6. The largest absolute Gasteiger partial charge is 2.00 e. The predicted molar refractivity (Wildman–Crippen MR) is 386 cm³/mol. The first kappa shape index (κ1) is 62.9. The fourth-order valence-corrected chi connectivity index (χ4v) is 13.9. The summed E-state index contributed by atoms with van der Waals surface area (Å²) in [6.45, 7) is 9.24. The minimum Gasteiger partial charge on any atom is -0.346 e. The van der Waals surface area contributed by atoms with Gasteiger partial charge in [-0.15, -0.1) is 118 Å². The summed E-state index contributed by atoms with van der Waals surface area (Å²) < 4.78 is 0. The molecule has 0 atom stereocenters. The SMILES string of the molecule is CC1(C)c2ccc(N(c3[c-]c4c(cc3)C(C)(C)c3cccc5ccnc-4c35)c3ccccc3)[c-]c2-c2nccc3cccc1c23.[Pt+2].[Pt+2].[c-]1c(-c2cc(-c3ccccc3)ccn2)cccc1N(c1[c-]c(-c2cc(-c3ccccc3)ccn2)ccc1)c1ccc(-c2ccccc2)cc1. The third-order valence-corrected chi connectivity index (χ3v) is 18.7. The van der Waals surface area contributed by atoms with Crippen LogP contribution in [0.25, 0.3) is 100.0 Å². The Morgan fingerprint density at radius 2 is 0.646 bits per heavy atom. The van der Waals surface area contributed by atoms with Crippen LogP contribution in [0.2, 0.25) is 0 Å². The van der Waals surface area contributed by atoms with E-state index in [1.807, 2.05) is 55.1 Å². The van der Waals surface area contributed by atoms with E-state index in [1.165, 1.54) is 49.4 Å². The second kappa shape index (κ2) is 26.4. The first-order valence-corrected chi connectivity index (χ1v) is 31.9. The number of para-hydroxylation sites is 1. The van der Waals surface area contributed by atoms with Gasteiger partial charge in [-0.25, -0.2) is 0 Å². The van der Waals surface area contributed by atoms with E-state index in [0.29, 0.717) is 0 Å². The first-order valence-electron chi connectivity index (χ1n) is 31.9. The van der Waals surface area contributed by atoms with Gasteiger partial charge in [-0.1, -0.05) is 198 Å². The minimum atomic E-state index is -0.182. The van der Waals surface area contributed by atoms with Gasteiger partial charge in [-0.2, -0.15) is 0 Å². The zero-order chi connectivity index (χ0) is 63.3. The van der Waals surface area contributed by atoms with Crippen LogP contribution in [0.4, 0.5) is 34.1 Å².